The van der Waals surface area contributed by atoms with E-state index in [0.717, 1.165) is 37.2 Å². The van der Waals surface area contributed by atoms with E-state index >= 15 is 0 Å². The Morgan fingerprint density at radius 2 is 2.33 bits per heavy atom. The van der Waals surface area contributed by atoms with Gasteiger partial charge in [0.15, 0.2) is 0 Å². The number of para-hydroxylation sites is 1. The van der Waals surface area contributed by atoms with Crippen molar-refractivity contribution in [2.45, 2.75) is 50.5 Å². The van der Waals surface area contributed by atoms with Crippen LogP contribution in [0.3, 0.4) is 0 Å². The van der Waals surface area contributed by atoms with Gasteiger partial charge in [-0.25, -0.2) is 4.79 Å². The fourth-order valence-electron chi connectivity index (χ4n) is 3.73. The Hall–Kier alpha value is -1.75. The van der Waals surface area contributed by atoms with E-state index in [1.54, 1.807) is 0 Å². The topological polar surface area (TPSA) is 59.6 Å². The lowest BCUT2D eigenvalue weighted by Crippen LogP contribution is -2.69. The molecule has 0 spiro atoms. The van der Waals surface area contributed by atoms with Crippen molar-refractivity contribution in [3.63, 3.8) is 0 Å². The number of carbonyl (C=O) groups is 1. The molecule has 5 heteroatoms. The summed E-state index contributed by atoms with van der Waals surface area (Å²) in [7, 11) is 0. The maximum atomic E-state index is 12.0. The van der Waals surface area contributed by atoms with Crippen molar-refractivity contribution < 1.29 is 14.3 Å². The number of ether oxygens (including phenoxy) is 2. The third-order valence-corrected chi connectivity index (χ3v) is 4.76. The van der Waals surface area contributed by atoms with Gasteiger partial charge >= 0.3 is 6.03 Å². The second-order valence-corrected chi connectivity index (χ2v) is 6.04. The molecule has 2 amide bonds. The molecule has 0 aliphatic carbocycles. The van der Waals surface area contributed by atoms with Crippen LogP contribution in [0.5, 0.6) is 5.75 Å². The molecule has 0 aromatic heterocycles. The highest BCUT2D eigenvalue weighted by Crippen LogP contribution is 2.45. The normalized spacial score (nSPS) is 33.7. The van der Waals surface area contributed by atoms with E-state index in [9.17, 15) is 4.79 Å². The molecule has 2 N–H and O–H groups in total. The van der Waals surface area contributed by atoms with E-state index in [0.29, 0.717) is 6.42 Å². The molecule has 2 saturated heterocycles. The van der Waals surface area contributed by atoms with Gasteiger partial charge in [0.25, 0.3) is 0 Å². The van der Waals surface area contributed by atoms with Crippen LogP contribution < -0.4 is 15.4 Å². The zero-order valence-corrected chi connectivity index (χ0v) is 12.1. The molecular formula is C16H20N2O3. The van der Waals surface area contributed by atoms with Crippen LogP contribution in [0, 0.1) is 0 Å². The van der Waals surface area contributed by atoms with Crippen LogP contribution >= 0.6 is 0 Å². The lowest BCUT2D eigenvalue weighted by atomic mass is 9.85. The Morgan fingerprint density at radius 1 is 1.43 bits per heavy atom. The predicted octanol–water partition coefficient (Wildman–Crippen LogP) is 2.26. The number of benzene rings is 1. The number of amides is 2. The molecule has 0 saturated carbocycles. The number of hydrogen-bond donors (Lipinski definition) is 2. The van der Waals surface area contributed by atoms with Gasteiger partial charge in [0.1, 0.15) is 11.9 Å². The third kappa shape index (κ3) is 1.91. The SMILES string of the molecule is CCc1cccc2c1OC1(C3CCCO3)CC2NC(=O)N1. The number of fused-ring (bicyclic) bond motifs is 4. The van der Waals surface area contributed by atoms with Crippen molar-refractivity contribution in [1.82, 2.24) is 10.6 Å². The molecule has 2 fully saturated rings. The van der Waals surface area contributed by atoms with Crippen LogP contribution in [0.25, 0.3) is 0 Å². The van der Waals surface area contributed by atoms with Gasteiger partial charge in [-0.2, -0.15) is 0 Å². The average molecular weight is 288 g/mol. The number of nitrogens with one attached hydrogen (secondary N) is 2. The molecule has 3 aliphatic rings. The van der Waals surface area contributed by atoms with Crippen LogP contribution in [0.1, 0.15) is 43.4 Å². The number of aryl methyl sites for hydroxylation is 1. The first-order valence-corrected chi connectivity index (χ1v) is 7.73. The fraction of sp³-hybridized carbons (Fsp3) is 0.562. The molecule has 1 aromatic rings. The first kappa shape index (κ1) is 13.0. The first-order valence-electron chi connectivity index (χ1n) is 7.73. The highest BCUT2D eigenvalue weighted by Gasteiger charge is 2.53. The molecule has 3 unspecified atom stereocenters. The van der Waals surface area contributed by atoms with E-state index in [-0.39, 0.29) is 18.2 Å². The van der Waals surface area contributed by atoms with Crippen molar-refractivity contribution >= 4 is 6.03 Å². The average Bonchev–Trinajstić information content (AvgIpc) is 3.01. The van der Waals surface area contributed by atoms with Crippen LogP contribution in [-0.2, 0) is 11.2 Å². The molecule has 21 heavy (non-hydrogen) atoms. The van der Waals surface area contributed by atoms with Crippen LogP contribution in [0.15, 0.2) is 18.2 Å². The maximum absolute atomic E-state index is 12.0. The summed E-state index contributed by atoms with van der Waals surface area (Å²) >= 11 is 0. The molecule has 4 rings (SSSR count). The van der Waals surface area contributed by atoms with E-state index in [1.165, 1.54) is 5.56 Å². The summed E-state index contributed by atoms with van der Waals surface area (Å²) in [5, 5.41) is 6.02. The zero-order valence-electron chi connectivity index (χ0n) is 12.1. The Balaban J connectivity index is 1.81. The molecule has 0 radical (unpaired) electrons. The second kappa shape index (κ2) is 4.63. The summed E-state index contributed by atoms with van der Waals surface area (Å²) in [4.78, 5) is 12.0. The number of urea groups is 1. The lowest BCUT2D eigenvalue weighted by molar-refractivity contribution is -0.106. The van der Waals surface area contributed by atoms with E-state index in [1.807, 2.05) is 12.1 Å². The lowest BCUT2D eigenvalue weighted by Gasteiger charge is -2.49. The van der Waals surface area contributed by atoms with Crippen molar-refractivity contribution in [3.8, 4) is 5.75 Å². The van der Waals surface area contributed by atoms with Gasteiger partial charge < -0.3 is 14.8 Å². The fourth-order valence-corrected chi connectivity index (χ4v) is 3.73. The quantitative estimate of drug-likeness (QED) is 0.877. The minimum Gasteiger partial charge on any atom is -0.464 e. The standard InChI is InChI=1S/C16H20N2O3/c1-2-10-5-3-6-11-12-9-16(21-14(10)11,18-15(19)17-12)13-7-4-8-20-13/h3,5-6,12-13H,2,4,7-9H2,1H3,(H2,17,18,19). The number of carbonyl (C=O) groups excluding carboxylic acids is 1. The van der Waals surface area contributed by atoms with Crippen LogP contribution in [0.2, 0.25) is 0 Å². The van der Waals surface area contributed by atoms with E-state index in [2.05, 4.69) is 23.6 Å². The Bertz CT molecular complexity index is 583. The minimum atomic E-state index is -0.720. The van der Waals surface area contributed by atoms with Crippen molar-refractivity contribution in [1.29, 1.82) is 0 Å². The molecular weight excluding hydrogens is 268 g/mol. The smallest absolute Gasteiger partial charge is 0.318 e. The highest BCUT2D eigenvalue weighted by molar-refractivity contribution is 5.77. The van der Waals surface area contributed by atoms with Crippen LogP contribution in [-0.4, -0.2) is 24.5 Å². The largest absolute Gasteiger partial charge is 0.464 e. The Morgan fingerprint density at radius 3 is 3.10 bits per heavy atom. The monoisotopic (exact) mass is 288 g/mol. The second-order valence-electron chi connectivity index (χ2n) is 6.04. The highest BCUT2D eigenvalue weighted by atomic mass is 16.6. The third-order valence-electron chi connectivity index (χ3n) is 4.76. The van der Waals surface area contributed by atoms with Gasteiger partial charge in [0.2, 0.25) is 5.72 Å². The van der Waals surface area contributed by atoms with Gasteiger partial charge in [-0.15, -0.1) is 0 Å². The summed E-state index contributed by atoms with van der Waals surface area (Å²) in [5.74, 6) is 0.916. The molecule has 1 aromatic carbocycles. The molecule has 2 bridgehead atoms. The predicted molar refractivity (Wildman–Crippen MR) is 77.2 cm³/mol. The van der Waals surface area contributed by atoms with Crippen molar-refractivity contribution in [2.24, 2.45) is 0 Å². The zero-order chi connectivity index (χ0) is 14.4. The molecule has 3 aliphatic heterocycles. The van der Waals surface area contributed by atoms with E-state index in [4.69, 9.17) is 9.47 Å². The summed E-state index contributed by atoms with van der Waals surface area (Å²) in [6.45, 7) is 2.86. The molecule has 112 valence electrons. The van der Waals surface area contributed by atoms with Gasteiger partial charge in [0.05, 0.1) is 6.04 Å². The Labute approximate surface area is 124 Å². The summed E-state index contributed by atoms with van der Waals surface area (Å²) in [5.41, 5.74) is 1.54. The number of hydrogen-bond acceptors (Lipinski definition) is 3. The van der Waals surface area contributed by atoms with E-state index < -0.39 is 5.72 Å². The Kier molecular flexibility index (Phi) is 2.85. The van der Waals surface area contributed by atoms with Crippen molar-refractivity contribution in [3.05, 3.63) is 29.3 Å². The summed E-state index contributed by atoms with van der Waals surface area (Å²) in [6.07, 6.45) is 3.50. The maximum Gasteiger partial charge on any atom is 0.318 e. The van der Waals surface area contributed by atoms with Gasteiger partial charge in [-0.05, 0) is 24.8 Å². The van der Waals surface area contributed by atoms with Crippen LogP contribution in [0.4, 0.5) is 4.79 Å². The first-order chi connectivity index (χ1) is 10.2. The van der Waals surface area contributed by atoms with Gasteiger partial charge in [-0.1, -0.05) is 25.1 Å². The van der Waals surface area contributed by atoms with Crippen molar-refractivity contribution in [2.75, 3.05) is 6.61 Å². The molecule has 3 atom stereocenters. The number of rotatable bonds is 2. The van der Waals surface area contributed by atoms with Gasteiger partial charge in [0, 0.05) is 18.6 Å². The summed E-state index contributed by atoms with van der Waals surface area (Å²) in [6, 6.07) is 6.00. The van der Waals surface area contributed by atoms with Gasteiger partial charge in [-0.3, -0.25) is 5.32 Å². The molecule has 5 nitrogen and oxygen atoms in total. The molecule has 3 heterocycles. The minimum absolute atomic E-state index is 0.00167. The summed E-state index contributed by atoms with van der Waals surface area (Å²) < 4.78 is 12.2.